The molecule has 0 aromatic heterocycles. The summed E-state index contributed by atoms with van der Waals surface area (Å²) in [6, 6.07) is 16.8. The molecule has 1 radical (unpaired) electrons. The van der Waals surface area contributed by atoms with Crippen molar-refractivity contribution in [1.29, 1.82) is 0 Å². The Kier molecular flexibility index (Phi) is 8.68. The first-order valence-corrected chi connectivity index (χ1v) is 9.67. The number of hydrogen-bond acceptors (Lipinski definition) is 5. The Bertz CT molecular complexity index is 772. The summed E-state index contributed by atoms with van der Waals surface area (Å²) in [6.07, 6.45) is 0. The van der Waals surface area contributed by atoms with Crippen molar-refractivity contribution >= 4 is 36.6 Å². The molecule has 3 rings (SSSR count). The molecule has 1 fully saturated rings. The van der Waals surface area contributed by atoms with E-state index >= 15 is 0 Å². The molecule has 0 spiro atoms. The van der Waals surface area contributed by atoms with Crippen LogP contribution in [0.2, 0.25) is 0 Å². The van der Waals surface area contributed by atoms with Gasteiger partial charge in [-0.25, -0.2) is 4.71 Å². The molecule has 6 heteroatoms. The second-order valence-corrected chi connectivity index (χ2v) is 7.76. The molecule has 1 heterocycles. The molecule has 147 valence electrons. The van der Waals surface area contributed by atoms with E-state index in [1.165, 1.54) is 11.4 Å². The number of piperazine rings is 1. The Morgan fingerprint density at radius 3 is 1.74 bits per heavy atom. The molecule has 0 unspecified atom stereocenters. The van der Waals surface area contributed by atoms with E-state index in [0.29, 0.717) is 0 Å². The molecule has 0 amide bonds. The summed E-state index contributed by atoms with van der Waals surface area (Å²) in [4.78, 5) is 6.63. The van der Waals surface area contributed by atoms with Crippen molar-refractivity contribution in [2.24, 2.45) is 0 Å². The van der Waals surface area contributed by atoms with Crippen LogP contribution in [0.3, 0.4) is 0 Å². The number of anilines is 2. The Balaban J connectivity index is 0.00000261. The van der Waals surface area contributed by atoms with Gasteiger partial charge in [-0.15, -0.1) is 0 Å². The molecule has 2 aromatic carbocycles. The summed E-state index contributed by atoms with van der Waals surface area (Å²) in [5.41, 5.74) is 4.47. The van der Waals surface area contributed by atoms with E-state index in [1.54, 1.807) is 0 Å². The van der Waals surface area contributed by atoms with Gasteiger partial charge in [0.2, 0.25) is 0 Å². The average molecular weight is 579 g/mol. The SMILES string of the molecule is CN(C)c1ccc(C#Cc2ccc(N3CCN(C([S-])[S-])CC3)cc2)cc1.[Au]. The summed E-state index contributed by atoms with van der Waals surface area (Å²) in [7, 11) is 4.07. The van der Waals surface area contributed by atoms with Gasteiger partial charge < -0.3 is 40.0 Å². The quantitative estimate of drug-likeness (QED) is 0.314. The summed E-state index contributed by atoms with van der Waals surface area (Å²) in [6.45, 7) is 3.80. The molecular weight excluding hydrogens is 555 g/mol. The van der Waals surface area contributed by atoms with Crippen LogP contribution in [0, 0.1) is 11.8 Å². The van der Waals surface area contributed by atoms with Crippen LogP contribution in [0.1, 0.15) is 11.1 Å². The molecule has 0 saturated carbocycles. The van der Waals surface area contributed by atoms with Crippen molar-refractivity contribution in [2.75, 3.05) is 50.1 Å². The van der Waals surface area contributed by atoms with Gasteiger partial charge in [-0.3, -0.25) is 0 Å². The second kappa shape index (κ2) is 10.5. The van der Waals surface area contributed by atoms with Gasteiger partial charge in [0.25, 0.3) is 0 Å². The van der Waals surface area contributed by atoms with Crippen molar-refractivity contribution in [3.05, 3.63) is 59.7 Å². The molecule has 0 aliphatic carbocycles. The molecule has 1 aliphatic rings. The molecule has 2 aromatic rings. The fourth-order valence-corrected chi connectivity index (χ4v) is 3.36. The van der Waals surface area contributed by atoms with Crippen molar-refractivity contribution in [3.8, 4) is 11.8 Å². The van der Waals surface area contributed by atoms with Crippen molar-refractivity contribution in [3.63, 3.8) is 0 Å². The first-order valence-electron chi connectivity index (χ1n) is 8.73. The minimum Gasteiger partial charge on any atom is -0.800 e. The first-order chi connectivity index (χ1) is 12.5. The smallest absolute Gasteiger partial charge is 0.0367 e. The zero-order valence-corrected chi connectivity index (χ0v) is 19.3. The monoisotopic (exact) mass is 578 g/mol. The van der Waals surface area contributed by atoms with Gasteiger partial charge in [0.05, 0.1) is 0 Å². The molecule has 1 aliphatic heterocycles. The van der Waals surface area contributed by atoms with Crippen LogP contribution in [0.15, 0.2) is 48.5 Å². The van der Waals surface area contributed by atoms with Gasteiger partial charge in [-0.1, -0.05) is 11.8 Å². The van der Waals surface area contributed by atoms with E-state index in [4.69, 9.17) is 25.3 Å². The largest absolute Gasteiger partial charge is 0.800 e. The number of rotatable bonds is 3. The van der Waals surface area contributed by atoms with Crippen LogP contribution in [-0.4, -0.2) is 49.9 Å². The Labute approximate surface area is 189 Å². The van der Waals surface area contributed by atoms with Crippen LogP contribution in [0.4, 0.5) is 11.4 Å². The minimum absolute atomic E-state index is 0. The maximum atomic E-state index is 5.16. The number of benzene rings is 2. The first kappa shape index (κ1) is 22.3. The van der Waals surface area contributed by atoms with Gasteiger partial charge in [0.15, 0.2) is 0 Å². The fourth-order valence-electron chi connectivity index (χ4n) is 2.93. The molecule has 0 bridgehead atoms. The van der Waals surface area contributed by atoms with E-state index < -0.39 is 0 Å². The fraction of sp³-hybridized carbons (Fsp3) is 0.333. The van der Waals surface area contributed by atoms with Gasteiger partial charge >= 0.3 is 0 Å². The molecule has 3 nitrogen and oxygen atoms in total. The summed E-state index contributed by atoms with van der Waals surface area (Å²) in [5.74, 6) is 6.48. The maximum absolute atomic E-state index is 5.16. The Hall–Kier alpha value is -1.000. The molecule has 0 N–H and O–H groups in total. The van der Waals surface area contributed by atoms with E-state index in [-0.39, 0.29) is 27.1 Å². The topological polar surface area (TPSA) is 9.72 Å². The van der Waals surface area contributed by atoms with Gasteiger partial charge in [0.1, 0.15) is 0 Å². The van der Waals surface area contributed by atoms with Crippen LogP contribution in [0.5, 0.6) is 0 Å². The third-order valence-corrected chi connectivity index (χ3v) is 5.18. The van der Waals surface area contributed by atoms with Crippen molar-refractivity contribution in [1.82, 2.24) is 4.90 Å². The summed E-state index contributed by atoms with van der Waals surface area (Å²) >= 11 is 10.3. The molecule has 0 atom stereocenters. The predicted molar refractivity (Wildman–Crippen MR) is 115 cm³/mol. The van der Waals surface area contributed by atoms with E-state index in [0.717, 1.165) is 37.3 Å². The van der Waals surface area contributed by atoms with Crippen LogP contribution >= 0.6 is 0 Å². The second-order valence-electron chi connectivity index (χ2n) is 6.57. The Morgan fingerprint density at radius 1 is 0.815 bits per heavy atom. The molecule has 27 heavy (non-hydrogen) atoms. The summed E-state index contributed by atoms with van der Waals surface area (Å²) < 4.78 is -0.193. The third-order valence-electron chi connectivity index (χ3n) is 4.58. The minimum atomic E-state index is -0.193. The van der Waals surface area contributed by atoms with Crippen molar-refractivity contribution in [2.45, 2.75) is 4.71 Å². The molecule has 1 saturated heterocycles. The number of nitrogens with zero attached hydrogens (tertiary/aromatic N) is 3. The maximum Gasteiger partial charge on any atom is 0.0367 e. The zero-order chi connectivity index (χ0) is 18.5. The van der Waals surface area contributed by atoms with E-state index in [9.17, 15) is 0 Å². The summed E-state index contributed by atoms with van der Waals surface area (Å²) in [5, 5.41) is 0. The van der Waals surface area contributed by atoms with Crippen molar-refractivity contribution < 1.29 is 22.4 Å². The van der Waals surface area contributed by atoms with Gasteiger partial charge in [0, 0.05) is 85.2 Å². The zero-order valence-electron chi connectivity index (χ0n) is 15.5. The van der Waals surface area contributed by atoms with E-state index in [1.807, 2.05) is 14.1 Å². The predicted octanol–water partition coefficient (Wildman–Crippen LogP) is 2.65. The van der Waals surface area contributed by atoms with E-state index in [2.05, 4.69) is 75.1 Å². The standard InChI is InChI=1S/C21H25N3S2.Au/c1-22(2)19-9-5-17(6-10-19)3-4-18-7-11-20(12-8-18)23-13-15-24(16-14-23)21(25)26;/h5-12,21,25-26H,13-16H2,1-2H3;/p-2. The normalized spacial score (nSPS) is 14.3. The third kappa shape index (κ3) is 6.25. The van der Waals surface area contributed by atoms with Gasteiger partial charge in [-0.05, 0) is 48.5 Å². The number of hydrogen-bond donors (Lipinski definition) is 0. The van der Waals surface area contributed by atoms with Crippen LogP contribution < -0.4 is 9.80 Å². The Morgan fingerprint density at radius 2 is 1.30 bits per heavy atom. The van der Waals surface area contributed by atoms with Crippen LogP contribution in [0.25, 0.3) is 0 Å². The molecular formula is C21H23AuN3S2-2. The average Bonchev–Trinajstić information content (AvgIpc) is 2.67. The van der Waals surface area contributed by atoms with Crippen LogP contribution in [-0.2, 0) is 47.6 Å². The van der Waals surface area contributed by atoms with Gasteiger partial charge in [-0.2, -0.15) is 0 Å².